The molecule has 2 aromatic rings. The number of nitrogens with two attached hydrogens (primary N) is 1. The quantitative estimate of drug-likeness (QED) is 0.886. The summed E-state index contributed by atoms with van der Waals surface area (Å²) in [5, 5.41) is 3.57. The van der Waals surface area contributed by atoms with Crippen molar-refractivity contribution in [3.63, 3.8) is 0 Å². The van der Waals surface area contributed by atoms with Gasteiger partial charge < -0.3 is 16.0 Å². The number of rotatable bonds is 2. The minimum absolute atomic E-state index is 0.345. The van der Waals surface area contributed by atoms with Gasteiger partial charge in [0.25, 0.3) is 0 Å². The first kappa shape index (κ1) is 14.2. The van der Waals surface area contributed by atoms with Crippen LogP contribution >= 0.6 is 0 Å². The number of hydrogen-bond acceptors (Lipinski definition) is 5. The van der Waals surface area contributed by atoms with Gasteiger partial charge in [0, 0.05) is 30.1 Å². The van der Waals surface area contributed by atoms with Crippen LogP contribution in [0.4, 0.5) is 11.8 Å². The Balaban J connectivity index is 1.58. The first-order chi connectivity index (χ1) is 11.8. The lowest BCUT2D eigenvalue weighted by atomic mass is 9.81. The van der Waals surface area contributed by atoms with Crippen molar-refractivity contribution in [2.24, 2.45) is 0 Å². The van der Waals surface area contributed by atoms with Crippen molar-refractivity contribution in [1.29, 1.82) is 0 Å². The highest BCUT2D eigenvalue weighted by molar-refractivity contribution is 5.58. The van der Waals surface area contributed by atoms with Crippen LogP contribution in [0.2, 0.25) is 0 Å². The van der Waals surface area contributed by atoms with Crippen molar-refractivity contribution >= 4 is 11.8 Å². The second kappa shape index (κ2) is 5.45. The molecule has 1 aromatic heterocycles. The summed E-state index contributed by atoms with van der Waals surface area (Å²) in [5.74, 6) is 1.86. The standard InChI is InChI=1S/C19H23N5/c20-19-22-17-13(12-5-2-1-3-6-12)7-4-8-14(17)18(23-19)24-11-15-16(24)9-10-21-15/h1-3,5-6,13,15-16,21H,4,7-11H2,(H2,20,22,23). The van der Waals surface area contributed by atoms with Gasteiger partial charge in [-0.05, 0) is 37.8 Å². The van der Waals surface area contributed by atoms with Gasteiger partial charge in [0.1, 0.15) is 5.82 Å². The number of anilines is 2. The van der Waals surface area contributed by atoms with Crippen LogP contribution in [0.25, 0.3) is 0 Å². The zero-order valence-electron chi connectivity index (χ0n) is 13.8. The molecule has 3 heterocycles. The summed E-state index contributed by atoms with van der Waals surface area (Å²) in [6.45, 7) is 2.16. The molecule has 2 saturated heterocycles. The van der Waals surface area contributed by atoms with Crippen LogP contribution in [0.1, 0.15) is 42.0 Å². The molecule has 3 unspecified atom stereocenters. The van der Waals surface area contributed by atoms with E-state index in [9.17, 15) is 0 Å². The highest BCUT2D eigenvalue weighted by Crippen LogP contribution is 2.41. The van der Waals surface area contributed by atoms with Crippen molar-refractivity contribution < 1.29 is 0 Å². The SMILES string of the molecule is Nc1nc2c(c(N3CC4NCCC43)n1)CCCC2c1ccccc1. The van der Waals surface area contributed by atoms with Gasteiger partial charge in [0.05, 0.1) is 5.69 Å². The predicted octanol–water partition coefficient (Wildman–Crippen LogP) is 2.08. The van der Waals surface area contributed by atoms with Crippen molar-refractivity contribution in [3.8, 4) is 0 Å². The number of fused-ring (bicyclic) bond motifs is 2. The first-order valence-electron chi connectivity index (χ1n) is 9.02. The Kier molecular flexibility index (Phi) is 3.23. The predicted molar refractivity (Wildman–Crippen MR) is 95.2 cm³/mol. The number of nitrogens with zero attached hydrogens (tertiary/aromatic N) is 3. The van der Waals surface area contributed by atoms with Crippen LogP contribution in [0.3, 0.4) is 0 Å². The zero-order chi connectivity index (χ0) is 16.1. The third-order valence-corrected chi connectivity index (χ3v) is 5.86. The van der Waals surface area contributed by atoms with Crippen molar-refractivity contribution in [3.05, 3.63) is 47.2 Å². The van der Waals surface area contributed by atoms with Gasteiger partial charge >= 0.3 is 0 Å². The molecule has 0 bridgehead atoms. The maximum atomic E-state index is 6.11. The number of aromatic nitrogens is 2. The van der Waals surface area contributed by atoms with E-state index in [-0.39, 0.29) is 0 Å². The Morgan fingerprint density at radius 3 is 2.83 bits per heavy atom. The molecule has 2 fully saturated rings. The normalized spacial score (nSPS) is 28.2. The Labute approximate surface area is 142 Å². The summed E-state index contributed by atoms with van der Waals surface area (Å²) in [5.41, 5.74) is 9.94. The summed E-state index contributed by atoms with van der Waals surface area (Å²) < 4.78 is 0. The number of benzene rings is 1. The molecule has 5 nitrogen and oxygen atoms in total. The molecule has 24 heavy (non-hydrogen) atoms. The van der Waals surface area contributed by atoms with Crippen molar-refractivity contribution in [2.75, 3.05) is 23.7 Å². The van der Waals surface area contributed by atoms with E-state index in [1.807, 2.05) is 0 Å². The van der Waals surface area contributed by atoms with Crippen LogP contribution < -0.4 is 16.0 Å². The number of nitrogen functional groups attached to an aromatic ring is 1. The molecule has 2 aliphatic heterocycles. The van der Waals surface area contributed by atoms with Gasteiger partial charge in [-0.2, -0.15) is 4.98 Å². The van der Waals surface area contributed by atoms with Crippen LogP contribution in [-0.2, 0) is 6.42 Å². The highest BCUT2D eigenvalue weighted by Gasteiger charge is 2.44. The number of nitrogens with one attached hydrogen (secondary N) is 1. The Hall–Kier alpha value is -2.14. The molecule has 5 rings (SSSR count). The van der Waals surface area contributed by atoms with E-state index in [0.29, 0.717) is 23.9 Å². The summed E-state index contributed by atoms with van der Waals surface area (Å²) in [6, 6.07) is 11.9. The van der Waals surface area contributed by atoms with Gasteiger partial charge in [0.15, 0.2) is 0 Å². The lowest BCUT2D eigenvalue weighted by molar-refractivity contribution is 0.390. The van der Waals surface area contributed by atoms with Crippen LogP contribution in [0.5, 0.6) is 0 Å². The average Bonchev–Trinajstić information content (AvgIpc) is 2.96. The van der Waals surface area contributed by atoms with E-state index >= 15 is 0 Å². The summed E-state index contributed by atoms with van der Waals surface area (Å²) >= 11 is 0. The topological polar surface area (TPSA) is 67.1 Å². The van der Waals surface area contributed by atoms with E-state index < -0.39 is 0 Å². The smallest absolute Gasteiger partial charge is 0.222 e. The fourth-order valence-corrected chi connectivity index (χ4v) is 4.67. The summed E-state index contributed by atoms with van der Waals surface area (Å²) in [7, 11) is 0. The van der Waals surface area contributed by atoms with Crippen LogP contribution in [-0.4, -0.2) is 35.1 Å². The van der Waals surface area contributed by atoms with E-state index in [0.717, 1.165) is 37.4 Å². The lowest BCUT2D eigenvalue weighted by Gasteiger charge is -2.46. The monoisotopic (exact) mass is 321 g/mol. The Morgan fingerprint density at radius 2 is 2.00 bits per heavy atom. The number of hydrogen-bond donors (Lipinski definition) is 2. The molecule has 3 N–H and O–H groups in total. The fraction of sp³-hybridized carbons (Fsp3) is 0.474. The molecule has 3 atom stereocenters. The van der Waals surface area contributed by atoms with Gasteiger partial charge in [0.2, 0.25) is 5.95 Å². The van der Waals surface area contributed by atoms with Crippen molar-refractivity contribution in [2.45, 2.75) is 43.7 Å². The maximum absolute atomic E-state index is 6.11. The maximum Gasteiger partial charge on any atom is 0.222 e. The zero-order valence-corrected chi connectivity index (χ0v) is 13.8. The van der Waals surface area contributed by atoms with Crippen LogP contribution in [0, 0.1) is 0 Å². The minimum atomic E-state index is 0.345. The molecule has 5 heteroatoms. The first-order valence-corrected chi connectivity index (χ1v) is 9.02. The third-order valence-electron chi connectivity index (χ3n) is 5.86. The molecule has 1 aliphatic carbocycles. The van der Waals surface area contributed by atoms with Gasteiger partial charge in [-0.25, -0.2) is 4.98 Å². The van der Waals surface area contributed by atoms with Gasteiger partial charge in [-0.3, -0.25) is 0 Å². The van der Waals surface area contributed by atoms with E-state index in [1.54, 1.807) is 0 Å². The van der Waals surface area contributed by atoms with Crippen LogP contribution in [0.15, 0.2) is 30.3 Å². The molecule has 3 aliphatic rings. The molecular weight excluding hydrogens is 298 g/mol. The lowest BCUT2D eigenvalue weighted by Crippen LogP contribution is -2.61. The molecule has 1 aromatic carbocycles. The Bertz CT molecular complexity index is 760. The Morgan fingerprint density at radius 1 is 1.12 bits per heavy atom. The molecular formula is C19H23N5. The molecule has 0 radical (unpaired) electrons. The largest absolute Gasteiger partial charge is 0.368 e. The average molecular weight is 321 g/mol. The van der Waals surface area contributed by atoms with Gasteiger partial charge in [-0.15, -0.1) is 0 Å². The summed E-state index contributed by atoms with van der Waals surface area (Å²) in [6.07, 6.45) is 4.59. The summed E-state index contributed by atoms with van der Waals surface area (Å²) in [4.78, 5) is 11.8. The second-order valence-corrected chi connectivity index (χ2v) is 7.19. The highest BCUT2D eigenvalue weighted by atomic mass is 15.3. The molecule has 0 saturated carbocycles. The molecule has 124 valence electrons. The second-order valence-electron chi connectivity index (χ2n) is 7.19. The molecule has 0 amide bonds. The van der Waals surface area contributed by atoms with E-state index in [1.165, 1.54) is 24.0 Å². The minimum Gasteiger partial charge on any atom is -0.368 e. The third kappa shape index (κ3) is 2.11. The van der Waals surface area contributed by atoms with E-state index in [4.69, 9.17) is 5.73 Å². The van der Waals surface area contributed by atoms with E-state index in [2.05, 4.69) is 50.5 Å². The fourth-order valence-electron chi connectivity index (χ4n) is 4.67. The molecule has 0 spiro atoms. The van der Waals surface area contributed by atoms with Crippen molar-refractivity contribution in [1.82, 2.24) is 15.3 Å². The van der Waals surface area contributed by atoms with Gasteiger partial charge in [-0.1, -0.05) is 30.3 Å².